The Balaban J connectivity index is 2.29. The maximum absolute atomic E-state index is 12.2. The zero-order chi connectivity index (χ0) is 17.9. The lowest BCUT2D eigenvalue weighted by Crippen LogP contribution is -2.14. The van der Waals surface area contributed by atoms with Crippen LogP contribution in [0.1, 0.15) is 5.82 Å². The summed E-state index contributed by atoms with van der Waals surface area (Å²) in [6, 6.07) is 6.15. The summed E-state index contributed by atoms with van der Waals surface area (Å²) < 4.78 is 1.15. The lowest BCUT2D eigenvalue weighted by atomic mass is 10.2. The van der Waals surface area contributed by atoms with Crippen molar-refractivity contribution in [2.45, 2.75) is 0 Å². The molecule has 0 spiro atoms. The van der Waals surface area contributed by atoms with Crippen LogP contribution < -0.4 is 5.32 Å². The van der Waals surface area contributed by atoms with Crippen LogP contribution in [0.4, 0.5) is 11.5 Å². The molecule has 0 aliphatic heterocycles. The van der Waals surface area contributed by atoms with Gasteiger partial charge in [-0.2, -0.15) is 5.26 Å². The van der Waals surface area contributed by atoms with Crippen LogP contribution in [-0.2, 0) is 11.8 Å². The number of hydrogen-bond donors (Lipinski definition) is 1. The molecule has 1 N–H and O–H groups in total. The first kappa shape index (κ1) is 17.5. The molecule has 1 aromatic carbocycles. The highest BCUT2D eigenvalue weighted by Crippen LogP contribution is 2.23. The molecule has 1 aromatic heterocycles. The zero-order valence-corrected chi connectivity index (χ0v) is 13.7. The van der Waals surface area contributed by atoms with Gasteiger partial charge in [0.1, 0.15) is 17.8 Å². The number of nitro groups is 1. The van der Waals surface area contributed by atoms with Crippen molar-refractivity contribution in [2.24, 2.45) is 7.05 Å². The van der Waals surface area contributed by atoms with E-state index in [2.05, 4.69) is 10.3 Å². The molecule has 0 saturated heterocycles. The molecule has 1 amide bonds. The van der Waals surface area contributed by atoms with Gasteiger partial charge in [0, 0.05) is 21.8 Å². The normalized spacial score (nSPS) is 11.0. The standard InChI is InChI=1S/C14H9Cl2N5O3/c1-20-12(18-7-13(20)21(23)24)2-8(6-17)14(22)19-11-4-9(15)3-10(16)5-11/h2-5,7H,1H3,(H,19,22)/b8-2+. The first-order valence-corrected chi connectivity index (χ1v) is 7.12. The lowest BCUT2D eigenvalue weighted by Gasteiger charge is -2.05. The van der Waals surface area contributed by atoms with Gasteiger partial charge in [-0.15, -0.1) is 0 Å². The quantitative estimate of drug-likeness (QED) is 0.386. The first-order chi connectivity index (χ1) is 11.3. The second-order valence-corrected chi connectivity index (χ2v) is 5.45. The van der Waals surface area contributed by atoms with Gasteiger partial charge >= 0.3 is 5.82 Å². The van der Waals surface area contributed by atoms with Crippen LogP contribution in [-0.4, -0.2) is 20.4 Å². The minimum Gasteiger partial charge on any atom is -0.358 e. The number of carbonyl (C=O) groups is 1. The fourth-order valence-corrected chi connectivity index (χ4v) is 2.35. The van der Waals surface area contributed by atoms with Crippen LogP contribution in [0.3, 0.4) is 0 Å². The monoisotopic (exact) mass is 365 g/mol. The molecule has 0 aliphatic carbocycles. The second-order valence-electron chi connectivity index (χ2n) is 4.57. The van der Waals surface area contributed by atoms with E-state index in [0.29, 0.717) is 15.7 Å². The zero-order valence-electron chi connectivity index (χ0n) is 12.2. The van der Waals surface area contributed by atoms with Crippen LogP contribution in [0.25, 0.3) is 6.08 Å². The Bertz CT molecular complexity index is 878. The molecule has 0 radical (unpaired) electrons. The number of aromatic nitrogens is 2. The van der Waals surface area contributed by atoms with E-state index >= 15 is 0 Å². The number of hydrogen-bond acceptors (Lipinski definition) is 5. The van der Waals surface area contributed by atoms with Gasteiger partial charge in [-0.3, -0.25) is 4.79 Å². The maximum atomic E-state index is 12.2. The molecular formula is C14H9Cl2N5O3. The molecule has 24 heavy (non-hydrogen) atoms. The Morgan fingerprint density at radius 3 is 2.54 bits per heavy atom. The van der Waals surface area contributed by atoms with Crippen molar-refractivity contribution in [3.63, 3.8) is 0 Å². The number of nitrogens with one attached hydrogen (secondary N) is 1. The van der Waals surface area contributed by atoms with Gasteiger partial charge in [-0.05, 0) is 23.1 Å². The van der Waals surface area contributed by atoms with Crippen molar-refractivity contribution in [3.8, 4) is 6.07 Å². The van der Waals surface area contributed by atoms with Crippen LogP contribution in [0.2, 0.25) is 10.0 Å². The average molecular weight is 366 g/mol. The van der Waals surface area contributed by atoms with Gasteiger partial charge in [0.15, 0.2) is 0 Å². The van der Waals surface area contributed by atoms with E-state index in [0.717, 1.165) is 16.8 Å². The summed E-state index contributed by atoms with van der Waals surface area (Å²) in [6.45, 7) is 0. The summed E-state index contributed by atoms with van der Waals surface area (Å²) in [5, 5.41) is 23.0. The lowest BCUT2D eigenvalue weighted by molar-refractivity contribution is -0.391. The summed E-state index contributed by atoms with van der Waals surface area (Å²) in [5.41, 5.74) is 0.0270. The van der Waals surface area contributed by atoms with Gasteiger partial charge < -0.3 is 15.4 Å². The number of carbonyl (C=O) groups excluding carboxylic acids is 1. The molecule has 122 valence electrons. The maximum Gasteiger partial charge on any atom is 0.342 e. The number of rotatable bonds is 4. The summed E-state index contributed by atoms with van der Waals surface area (Å²) in [7, 11) is 1.40. The van der Waals surface area contributed by atoms with Crippen LogP contribution in [0, 0.1) is 21.4 Å². The van der Waals surface area contributed by atoms with Crippen molar-refractivity contribution in [3.05, 3.63) is 56.0 Å². The molecule has 8 nitrogen and oxygen atoms in total. The Morgan fingerprint density at radius 1 is 1.42 bits per heavy atom. The van der Waals surface area contributed by atoms with Crippen molar-refractivity contribution in [2.75, 3.05) is 5.32 Å². The largest absolute Gasteiger partial charge is 0.358 e. The van der Waals surface area contributed by atoms with Gasteiger partial charge in [0.05, 0.1) is 7.05 Å². The Morgan fingerprint density at radius 2 is 2.04 bits per heavy atom. The number of amides is 1. The number of imidazole rings is 1. The third-order valence-electron chi connectivity index (χ3n) is 2.95. The number of nitriles is 1. The molecule has 0 atom stereocenters. The van der Waals surface area contributed by atoms with Gasteiger partial charge in [-0.25, -0.2) is 9.55 Å². The Kier molecular flexibility index (Phi) is 5.18. The molecule has 0 fully saturated rings. The summed E-state index contributed by atoms with van der Waals surface area (Å²) >= 11 is 11.7. The second kappa shape index (κ2) is 7.12. The van der Waals surface area contributed by atoms with Crippen LogP contribution in [0.15, 0.2) is 30.0 Å². The Labute approximate surface area is 146 Å². The molecule has 2 aromatic rings. The molecular weight excluding hydrogens is 357 g/mol. The number of benzene rings is 1. The fraction of sp³-hybridized carbons (Fsp3) is 0.0714. The molecule has 0 unspecified atom stereocenters. The van der Waals surface area contributed by atoms with E-state index in [1.165, 1.54) is 25.2 Å². The summed E-state index contributed by atoms with van der Waals surface area (Å²) in [5.74, 6) is -0.889. The van der Waals surface area contributed by atoms with Gasteiger partial charge in [0.2, 0.25) is 5.82 Å². The highest BCUT2D eigenvalue weighted by Gasteiger charge is 2.18. The van der Waals surface area contributed by atoms with Crippen molar-refractivity contribution in [1.29, 1.82) is 5.26 Å². The minimum absolute atomic E-state index is 0.0949. The first-order valence-electron chi connectivity index (χ1n) is 6.37. The molecule has 0 bridgehead atoms. The van der Waals surface area contributed by atoms with E-state index in [4.69, 9.17) is 28.5 Å². The van der Waals surface area contributed by atoms with Gasteiger partial charge in [0.25, 0.3) is 5.91 Å². The fourth-order valence-electron chi connectivity index (χ4n) is 1.82. The predicted octanol–water partition coefficient (Wildman–Crippen LogP) is 3.18. The van der Waals surface area contributed by atoms with Crippen molar-refractivity contribution >= 4 is 46.7 Å². The van der Waals surface area contributed by atoms with E-state index in [9.17, 15) is 14.9 Å². The summed E-state index contributed by atoms with van der Waals surface area (Å²) in [4.78, 5) is 26.1. The van der Waals surface area contributed by atoms with E-state index in [1.54, 1.807) is 6.07 Å². The average Bonchev–Trinajstić information content (AvgIpc) is 2.84. The predicted molar refractivity (Wildman–Crippen MR) is 88.5 cm³/mol. The molecule has 1 heterocycles. The smallest absolute Gasteiger partial charge is 0.342 e. The van der Waals surface area contributed by atoms with Crippen LogP contribution in [0.5, 0.6) is 0 Å². The third-order valence-corrected chi connectivity index (χ3v) is 3.38. The number of anilines is 1. The van der Waals surface area contributed by atoms with E-state index in [-0.39, 0.29) is 17.2 Å². The topological polar surface area (TPSA) is 114 Å². The van der Waals surface area contributed by atoms with E-state index < -0.39 is 10.8 Å². The highest BCUT2D eigenvalue weighted by molar-refractivity contribution is 6.35. The van der Waals surface area contributed by atoms with Crippen LogP contribution >= 0.6 is 23.2 Å². The number of halogens is 2. The SMILES string of the molecule is Cn1c([N+](=O)[O-])cnc1/C=C(\C#N)C(=O)Nc1cc(Cl)cc(Cl)c1. The molecule has 10 heteroatoms. The Hall–Kier alpha value is -2.89. The highest BCUT2D eigenvalue weighted by atomic mass is 35.5. The molecule has 0 aliphatic rings. The molecule has 0 saturated carbocycles. The summed E-state index contributed by atoms with van der Waals surface area (Å²) in [6.07, 6.45) is 2.18. The van der Waals surface area contributed by atoms with Gasteiger partial charge in [-0.1, -0.05) is 23.2 Å². The minimum atomic E-state index is -0.721. The van der Waals surface area contributed by atoms with E-state index in [1.807, 2.05) is 0 Å². The number of nitrogens with zero attached hydrogens (tertiary/aromatic N) is 4. The third kappa shape index (κ3) is 3.90. The van der Waals surface area contributed by atoms with Crippen molar-refractivity contribution in [1.82, 2.24) is 9.55 Å². The molecule has 2 rings (SSSR count). The van der Waals surface area contributed by atoms with Crippen molar-refractivity contribution < 1.29 is 9.72 Å².